The topological polar surface area (TPSA) is 38.7 Å². The number of aliphatic imine (C=N–C) groups is 1. The Hall–Kier alpha value is -1.29. The van der Waals surface area contributed by atoms with E-state index >= 15 is 0 Å². The Bertz CT molecular complexity index is 403. The largest absolute Gasteiger partial charge is 0.467 e. The molecule has 0 spiro atoms. The first-order valence-corrected chi connectivity index (χ1v) is 6.09. The van der Waals surface area contributed by atoms with Crippen LogP contribution in [0.15, 0.2) is 35.3 Å². The van der Waals surface area contributed by atoms with E-state index in [1.807, 2.05) is 18.2 Å². The van der Waals surface area contributed by atoms with Crippen LogP contribution in [0.3, 0.4) is 0 Å². The fourth-order valence-electron chi connectivity index (χ4n) is 1.55. The van der Waals surface area contributed by atoms with Gasteiger partial charge in [-0.05, 0) is 5.56 Å². The summed E-state index contributed by atoms with van der Waals surface area (Å²) >= 11 is 1.64. The Kier molecular flexibility index (Phi) is 3.62. The molecule has 0 saturated heterocycles. The molecule has 2 rings (SSSR count). The molecule has 1 unspecified atom stereocenters. The third kappa shape index (κ3) is 2.64. The van der Waals surface area contributed by atoms with Crippen molar-refractivity contribution in [2.24, 2.45) is 4.99 Å². The number of methoxy groups -OCH3 is 1. The van der Waals surface area contributed by atoms with Gasteiger partial charge in [0.1, 0.15) is 0 Å². The average molecular weight is 235 g/mol. The maximum atomic E-state index is 11.3. The highest BCUT2D eigenvalue weighted by Crippen LogP contribution is 2.21. The monoisotopic (exact) mass is 235 g/mol. The molecule has 0 amide bonds. The van der Waals surface area contributed by atoms with Crippen LogP contribution < -0.4 is 0 Å². The number of hydrogen-bond donors (Lipinski definition) is 0. The van der Waals surface area contributed by atoms with E-state index in [1.165, 1.54) is 12.7 Å². The molecule has 16 heavy (non-hydrogen) atoms. The summed E-state index contributed by atoms with van der Waals surface area (Å²) in [7, 11) is 1.40. The van der Waals surface area contributed by atoms with Crippen LogP contribution in [0, 0.1) is 0 Å². The molecule has 84 valence electrons. The Balaban J connectivity index is 2.00. The van der Waals surface area contributed by atoms with Gasteiger partial charge in [-0.25, -0.2) is 4.79 Å². The van der Waals surface area contributed by atoms with Gasteiger partial charge >= 0.3 is 5.97 Å². The van der Waals surface area contributed by atoms with Crippen LogP contribution in [0.2, 0.25) is 0 Å². The first kappa shape index (κ1) is 11.2. The zero-order chi connectivity index (χ0) is 11.4. The van der Waals surface area contributed by atoms with E-state index in [0.29, 0.717) is 5.75 Å². The zero-order valence-corrected chi connectivity index (χ0v) is 9.87. The Morgan fingerprint density at radius 3 is 2.94 bits per heavy atom. The van der Waals surface area contributed by atoms with Crippen LogP contribution in [0.25, 0.3) is 0 Å². The number of carbonyl (C=O) groups is 1. The SMILES string of the molecule is COC(=O)C1CSC(Cc2ccccc2)=N1. The third-order valence-electron chi connectivity index (χ3n) is 2.38. The second kappa shape index (κ2) is 5.16. The predicted molar refractivity (Wildman–Crippen MR) is 65.8 cm³/mol. The molecule has 3 nitrogen and oxygen atoms in total. The maximum absolute atomic E-state index is 11.3. The smallest absolute Gasteiger partial charge is 0.331 e. The van der Waals surface area contributed by atoms with Crippen molar-refractivity contribution in [3.05, 3.63) is 35.9 Å². The molecule has 0 fully saturated rings. The number of esters is 1. The van der Waals surface area contributed by atoms with Crippen molar-refractivity contribution in [1.82, 2.24) is 0 Å². The van der Waals surface area contributed by atoms with Crippen LogP contribution in [-0.4, -0.2) is 29.9 Å². The van der Waals surface area contributed by atoms with Gasteiger partial charge in [0.15, 0.2) is 6.04 Å². The van der Waals surface area contributed by atoms with Crippen LogP contribution in [0.4, 0.5) is 0 Å². The Morgan fingerprint density at radius 2 is 2.25 bits per heavy atom. The molecule has 1 atom stereocenters. The highest BCUT2D eigenvalue weighted by molar-refractivity contribution is 8.14. The van der Waals surface area contributed by atoms with E-state index in [2.05, 4.69) is 21.9 Å². The summed E-state index contributed by atoms with van der Waals surface area (Å²) in [5, 5.41) is 1.02. The Labute approximate surface area is 98.9 Å². The minimum absolute atomic E-state index is 0.240. The summed E-state index contributed by atoms with van der Waals surface area (Å²) in [5.74, 6) is 0.463. The van der Waals surface area contributed by atoms with Crippen LogP contribution >= 0.6 is 11.8 Å². The number of rotatable bonds is 3. The number of ether oxygens (including phenoxy) is 1. The minimum atomic E-state index is -0.311. The molecule has 4 heteroatoms. The molecular weight excluding hydrogens is 222 g/mol. The Morgan fingerprint density at radius 1 is 1.50 bits per heavy atom. The van der Waals surface area contributed by atoms with E-state index in [9.17, 15) is 4.79 Å². The molecular formula is C12H13NO2S. The first-order chi connectivity index (χ1) is 7.79. The second-order valence-corrected chi connectivity index (χ2v) is 4.63. The fourth-order valence-corrected chi connectivity index (χ4v) is 2.58. The van der Waals surface area contributed by atoms with Crippen molar-refractivity contribution in [1.29, 1.82) is 0 Å². The van der Waals surface area contributed by atoms with Crippen LogP contribution in [-0.2, 0) is 16.0 Å². The molecule has 1 heterocycles. The van der Waals surface area contributed by atoms with Gasteiger partial charge in [0, 0.05) is 12.2 Å². The summed E-state index contributed by atoms with van der Waals surface area (Å²) in [5.41, 5.74) is 1.22. The molecule has 0 radical (unpaired) electrons. The summed E-state index contributed by atoms with van der Waals surface area (Å²) in [6.07, 6.45) is 0.805. The number of thioether (sulfide) groups is 1. The van der Waals surface area contributed by atoms with Gasteiger partial charge in [0.2, 0.25) is 0 Å². The average Bonchev–Trinajstić information content (AvgIpc) is 2.78. The van der Waals surface area contributed by atoms with Crippen molar-refractivity contribution < 1.29 is 9.53 Å². The van der Waals surface area contributed by atoms with Crippen LogP contribution in [0.5, 0.6) is 0 Å². The molecule has 1 aromatic rings. The third-order valence-corrected chi connectivity index (χ3v) is 3.44. The van der Waals surface area contributed by atoms with E-state index in [-0.39, 0.29) is 12.0 Å². The van der Waals surface area contributed by atoms with Gasteiger partial charge in [-0.1, -0.05) is 30.3 Å². The lowest BCUT2D eigenvalue weighted by molar-refractivity contribution is -0.141. The first-order valence-electron chi connectivity index (χ1n) is 5.11. The van der Waals surface area contributed by atoms with Crippen molar-refractivity contribution in [3.8, 4) is 0 Å². The number of hydrogen-bond acceptors (Lipinski definition) is 4. The molecule has 1 aromatic carbocycles. The van der Waals surface area contributed by atoms with E-state index in [0.717, 1.165) is 11.5 Å². The number of nitrogens with zero attached hydrogens (tertiary/aromatic N) is 1. The number of benzene rings is 1. The molecule has 0 N–H and O–H groups in total. The highest BCUT2D eigenvalue weighted by Gasteiger charge is 2.25. The van der Waals surface area contributed by atoms with Gasteiger partial charge in [-0.15, -0.1) is 11.8 Å². The van der Waals surface area contributed by atoms with E-state index in [1.54, 1.807) is 11.8 Å². The molecule has 1 aliphatic heterocycles. The highest BCUT2D eigenvalue weighted by atomic mass is 32.2. The van der Waals surface area contributed by atoms with Crippen molar-refractivity contribution in [3.63, 3.8) is 0 Å². The van der Waals surface area contributed by atoms with Gasteiger partial charge in [0.25, 0.3) is 0 Å². The van der Waals surface area contributed by atoms with E-state index in [4.69, 9.17) is 0 Å². The molecule has 0 aromatic heterocycles. The second-order valence-electron chi connectivity index (χ2n) is 3.54. The van der Waals surface area contributed by atoms with Crippen molar-refractivity contribution >= 4 is 22.8 Å². The van der Waals surface area contributed by atoms with Gasteiger partial charge in [-0.2, -0.15) is 0 Å². The lowest BCUT2D eigenvalue weighted by Crippen LogP contribution is -2.19. The summed E-state index contributed by atoms with van der Waals surface area (Å²) in [4.78, 5) is 15.6. The zero-order valence-electron chi connectivity index (χ0n) is 9.05. The van der Waals surface area contributed by atoms with Gasteiger partial charge in [0.05, 0.1) is 12.2 Å². The van der Waals surface area contributed by atoms with Gasteiger partial charge < -0.3 is 4.74 Å². The predicted octanol–water partition coefficient (Wildman–Crippen LogP) is 1.92. The van der Waals surface area contributed by atoms with E-state index < -0.39 is 0 Å². The molecule has 0 saturated carbocycles. The normalized spacial score (nSPS) is 19.3. The maximum Gasteiger partial charge on any atom is 0.331 e. The summed E-state index contributed by atoms with van der Waals surface area (Å²) in [6, 6.07) is 9.82. The lowest BCUT2D eigenvalue weighted by atomic mass is 10.2. The van der Waals surface area contributed by atoms with Gasteiger partial charge in [-0.3, -0.25) is 4.99 Å². The van der Waals surface area contributed by atoms with Crippen LogP contribution in [0.1, 0.15) is 5.56 Å². The lowest BCUT2D eigenvalue weighted by Gasteiger charge is -2.01. The van der Waals surface area contributed by atoms with Crippen molar-refractivity contribution in [2.45, 2.75) is 12.5 Å². The fraction of sp³-hybridized carbons (Fsp3) is 0.333. The molecule has 0 bridgehead atoms. The summed E-state index contributed by atoms with van der Waals surface area (Å²) in [6.45, 7) is 0. The minimum Gasteiger partial charge on any atom is -0.467 e. The summed E-state index contributed by atoms with van der Waals surface area (Å²) < 4.78 is 4.67. The van der Waals surface area contributed by atoms with Crippen molar-refractivity contribution in [2.75, 3.05) is 12.9 Å². The molecule has 0 aliphatic carbocycles. The standard InChI is InChI=1S/C12H13NO2S/c1-15-12(14)10-8-16-11(13-10)7-9-5-3-2-4-6-9/h2-6,10H,7-8H2,1H3. The quantitative estimate of drug-likeness (QED) is 0.751. The number of carbonyl (C=O) groups excluding carboxylic acids is 1. The molecule has 1 aliphatic rings.